The molecule has 1 saturated heterocycles. The van der Waals surface area contributed by atoms with Crippen LogP contribution in [0.3, 0.4) is 0 Å². The van der Waals surface area contributed by atoms with Crippen molar-refractivity contribution < 1.29 is 9.18 Å². The molecule has 0 atom stereocenters. The lowest BCUT2D eigenvalue weighted by Gasteiger charge is -2.31. The third-order valence-corrected chi connectivity index (χ3v) is 6.07. The molecule has 0 bridgehead atoms. The summed E-state index contributed by atoms with van der Waals surface area (Å²) in [4.78, 5) is 28.3. The molecule has 1 aliphatic rings. The van der Waals surface area contributed by atoms with Crippen molar-refractivity contribution in [3.8, 4) is 0 Å². The van der Waals surface area contributed by atoms with Crippen LogP contribution in [0.5, 0.6) is 0 Å². The third-order valence-electron chi connectivity index (χ3n) is 6.07. The van der Waals surface area contributed by atoms with Gasteiger partial charge in [0, 0.05) is 48.5 Å². The molecule has 1 amide bonds. The SMILES string of the molecule is Cc1cc(Nc2ccc(F)cn2)cc(C2CCN(C(=O)c3cn4cccc(C)c4n3)CC2)n1. The van der Waals surface area contributed by atoms with Crippen molar-refractivity contribution >= 4 is 23.1 Å². The van der Waals surface area contributed by atoms with Crippen LogP contribution in [0.2, 0.25) is 0 Å². The van der Waals surface area contributed by atoms with Gasteiger partial charge in [-0.25, -0.2) is 14.4 Å². The highest BCUT2D eigenvalue weighted by molar-refractivity contribution is 5.93. The zero-order chi connectivity index (χ0) is 22.9. The highest BCUT2D eigenvalue weighted by atomic mass is 19.1. The Bertz CT molecular complexity index is 1310. The number of aromatic nitrogens is 4. The molecule has 7 nitrogen and oxygen atoms in total. The maximum Gasteiger partial charge on any atom is 0.274 e. The number of hydrogen-bond donors (Lipinski definition) is 1. The zero-order valence-electron chi connectivity index (χ0n) is 18.6. The lowest BCUT2D eigenvalue weighted by molar-refractivity contribution is 0.0707. The number of imidazole rings is 1. The molecular weight excluding hydrogens is 419 g/mol. The van der Waals surface area contributed by atoms with E-state index < -0.39 is 0 Å². The topological polar surface area (TPSA) is 75.4 Å². The molecule has 4 aromatic heterocycles. The van der Waals surface area contributed by atoms with Crippen molar-refractivity contribution in [3.63, 3.8) is 0 Å². The van der Waals surface area contributed by atoms with Crippen LogP contribution in [0.1, 0.15) is 46.2 Å². The van der Waals surface area contributed by atoms with Gasteiger partial charge < -0.3 is 14.6 Å². The van der Waals surface area contributed by atoms with E-state index in [-0.39, 0.29) is 17.6 Å². The zero-order valence-corrected chi connectivity index (χ0v) is 18.6. The minimum absolute atomic E-state index is 0.0292. The molecular formula is C25H25FN6O. The van der Waals surface area contributed by atoms with Gasteiger partial charge in [-0.15, -0.1) is 0 Å². The average Bonchev–Trinajstić information content (AvgIpc) is 3.26. The van der Waals surface area contributed by atoms with Crippen molar-refractivity contribution in [1.29, 1.82) is 0 Å². The molecule has 1 fully saturated rings. The summed E-state index contributed by atoms with van der Waals surface area (Å²) in [5.41, 5.74) is 5.10. The molecule has 0 radical (unpaired) electrons. The van der Waals surface area contributed by atoms with Gasteiger partial charge in [-0.05, 0) is 62.6 Å². The van der Waals surface area contributed by atoms with E-state index in [1.54, 1.807) is 12.3 Å². The van der Waals surface area contributed by atoms with E-state index in [9.17, 15) is 9.18 Å². The number of fused-ring (bicyclic) bond motifs is 1. The number of carbonyl (C=O) groups is 1. The number of hydrogen-bond acceptors (Lipinski definition) is 5. The minimum atomic E-state index is -0.368. The Labute approximate surface area is 191 Å². The van der Waals surface area contributed by atoms with Gasteiger partial charge in [0.1, 0.15) is 23.0 Å². The standard InChI is InChI=1S/C25H25FN6O/c1-16-4-3-9-32-15-22(30-24(16)32)25(33)31-10-7-18(8-11-31)21-13-20(12-17(2)28-21)29-23-6-5-19(26)14-27-23/h3-6,9,12-15,18H,7-8,10-11H2,1-2H3,(H,27,28,29). The van der Waals surface area contributed by atoms with E-state index in [1.807, 2.05) is 53.6 Å². The lowest BCUT2D eigenvalue weighted by atomic mass is 9.92. The fraction of sp³-hybridized carbons (Fsp3) is 0.280. The number of rotatable bonds is 4. The second kappa shape index (κ2) is 8.61. The molecule has 0 saturated carbocycles. The molecule has 5 heterocycles. The fourth-order valence-electron chi connectivity index (χ4n) is 4.37. The van der Waals surface area contributed by atoms with Crippen LogP contribution < -0.4 is 5.32 Å². The van der Waals surface area contributed by atoms with Gasteiger partial charge in [0.2, 0.25) is 0 Å². The monoisotopic (exact) mass is 444 g/mol. The summed E-state index contributed by atoms with van der Waals surface area (Å²) >= 11 is 0. The van der Waals surface area contributed by atoms with Gasteiger partial charge in [0.15, 0.2) is 0 Å². The number of nitrogens with zero attached hydrogens (tertiary/aromatic N) is 5. The van der Waals surface area contributed by atoms with E-state index in [0.29, 0.717) is 24.6 Å². The first kappa shape index (κ1) is 21.1. The van der Waals surface area contributed by atoms with Crippen molar-refractivity contribution in [3.05, 3.63) is 83.5 Å². The number of anilines is 2. The highest BCUT2D eigenvalue weighted by Gasteiger charge is 2.27. The van der Waals surface area contributed by atoms with Crippen LogP contribution >= 0.6 is 0 Å². The van der Waals surface area contributed by atoms with Crippen molar-refractivity contribution in [2.45, 2.75) is 32.6 Å². The molecule has 0 aliphatic carbocycles. The molecule has 4 aromatic rings. The maximum atomic E-state index is 13.1. The first-order valence-corrected chi connectivity index (χ1v) is 11.1. The Hall–Kier alpha value is -3.81. The van der Waals surface area contributed by atoms with E-state index in [4.69, 9.17) is 4.98 Å². The van der Waals surface area contributed by atoms with E-state index in [1.165, 1.54) is 12.3 Å². The molecule has 168 valence electrons. The second-order valence-corrected chi connectivity index (χ2v) is 8.52. The Kier molecular flexibility index (Phi) is 5.50. The quantitative estimate of drug-likeness (QED) is 0.496. The number of pyridine rings is 3. The van der Waals surface area contributed by atoms with E-state index in [0.717, 1.165) is 41.1 Å². The van der Waals surface area contributed by atoms with Gasteiger partial charge in [-0.2, -0.15) is 0 Å². The molecule has 0 unspecified atom stereocenters. The van der Waals surface area contributed by atoms with Crippen LogP contribution in [0.15, 0.2) is 55.0 Å². The number of nitrogens with one attached hydrogen (secondary N) is 1. The van der Waals surface area contributed by atoms with Crippen molar-refractivity contribution in [2.75, 3.05) is 18.4 Å². The number of aryl methyl sites for hydroxylation is 2. The summed E-state index contributed by atoms with van der Waals surface area (Å²) in [5, 5.41) is 3.22. The molecule has 33 heavy (non-hydrogen) atoms. The normalized spacial score (nSPS) is 14.6. The van der Waals surface area contributed by atoms with Crippen LogP contribution in [0.4, 0.5) is 15.9 Å². The maximum absolute atomic E-state index is 13.1. The first-order chi connectivity index (χ1) is 16.0. The number of carbonyl (C=O) groups excluding carboxylic acids is 1. The third kappa shape index (κ3) is 4.41. The minimum Gasteiger partial charge on any atom is -0.340 e. The smallest absolute Gasteiger partial charge is 0.274 e. The summed E-state index contributed by atoms with van der Waals surface area (Å²) < 4.78 is 15.0. The number of amides is 1. The van der Waals surface area contributed by atoms with Gasteiger partial charge in [-0.1, -0.05) is 6.07 Å². The van der Waals surface area contributed by atoms with Crippen LogP contribution in [0.25, 0.3) is 5.65 Å². The number of likely N-dealkylation sites (tertiary alicyclic amines) is 1. The van der Waals surface area contributed by atoms with Crippen molar-refractivity contribution in [2.24, 2.45) is 0 Å². The summed E-state index contributed by atoms with van der Waals surface area (Å²) in [7, 11) is 0. The molecule has 0 spiro atoms. The number of halogens is 1. The first-order valence-electron chi connectivity index (χ1n) is 11.1. The van der Waals surface area contributed by atoms with Crippen LogP contribution in [-0.4, -0.2) is 43.2 Å². The van der Waals surface area contributed by atoms with Gasteiger partial charge in [0.25, 0.3) is 5.91 Å². The second-order valence-electron chi connectivity index (χ2n) is 8.52. The summed E-state index contributed by atoms with van der Waals surface area (Å²) in [6.07, 6.45) is 6.58. The fourth-order valence-corrected chi connectivity index (χ4v) is 4.37. The average molecular weight is 445 g/mol. The molecule has 8 heteroatoms. The highest BCUT2D eigenvalue weighted by Crippen LogP contribution is 2.30. The van der Waals surface area contributed by atoms with E-state index >= 15 is 0 Å². The Morgan fingerprint density at radius 1 is 1.12 bits per heavy atom. The van der Waals surface area contributed by atoms with Crippen LogP contribution in [0, 0.1) is 19.7 Å². The largest absolute Gasteiger partial charge is 0.340 e. The Morgan fingerprint density at radius 2 is 1.94 bits per heavy atom. The van der Waals surface area contributed by atoms with E-state index in [2.05, 4.69) is 15.3 Å². The molecule has 5 rings (SSSR count). The summed E-state index contributed by atoms with van der Waals surface area (Å²) in [6, 6.07) is 10.9. The summed E-state index contributed by atoms with van der Waals surface area (Å²) in [6.45, 7) is 5.27. The van der Waals surface area contributed by atoms with Gasteiger partial charge in [0.05, 0.1) is 6.20 Å². The predicted octanol–water partition coefficient (Wildman–Crippen LogP) is 4.64. The Balaban J connectivity index is 1.27. The van der Waals surface area contributed by atoms with Crippen LogP contribution in [-0.2, 0) is 0 Å². The molecule has 0 aromatic carbocycles. The van der Waals surface area contributed by atoms with Gasteiger partial charge in [-0.3, -0.25) is 9.78 Å². The Morgan fingerprint density at radius 3 is 2.67 bits per heavy atom. The van der Waals surface area contributed by atoms with Crippen molar-refractivity contribution in [1.82, 2.24) is 24.3 Å². The number of piperidine rings is 1. The summed E-state index contributed by atoms with van der Waals surface area (Å²) in [5.74, 6) is 0.445. The lowest BCUT2D eigenvalue weighted by Crippen LogP contribution is -2.38. The van der Waals surface area contributed by atoms with Gasteiger partial charge >= 0.3 is 0 Å². The molecule has 1 aliphatic heterocycles. The molecule has 1 N–H and O–H groups in total. The predicted molar refractivity (Wildman–Crippen MR) is 124 cm³/mol.